The molecule has 0 radical (unpaired) electrons. The largest absolute Gasteiger partial charge is 0.493 e. The molecule has 8 heteroatoms. The minimum Gasteiger partial charge on any atom is -0.493 e. The first-order chi connectivity index (χ1) is 13.0. The lowest BCUT2D eigenvalue weighted by Gasteiger charge is -2.10. The monoisotopic (exact) mass is 383 g/mol. The van der Waals surface area contributed by atoms with Gasteiger partial charge < -0.3 is 20.5 Å². The van der Waals surface area contributed by atoms with Gasteiger partial charge in [-0.3, -0.25) is 9.59 Å². The van der Waals surface area contributed by atoms with Crippen LogP contribution in [-0.4, -0.2) is 30.7 Å². The van der Waals surface area contributed by atoms with E-state index >= 15 is 0 Å². The van der Waals surface area contributed by atoms with E-state index < -0.39 is 5.91 Å². The lowest BCUT2D eigenvalue weighted by molar-refractivity contribution is -0.119. The zero-order chi connectivity index (χ0) is 19.2. The Morgan fingerprint density at radius 1 is 1.22 bits per heavy atom. The number of para-hydroxylation sites is 1. The number of nitrogens with one attached hydrogen (secondary N) is 1. The third-order valence-electron chi connectivity index (χ3n) is 3.51. The first-order valence-corrected chi connectivity index (χ1v) is 8.80. The van der Waals surface area contributed by atoms with E-state index in [4.69, 9.17) is 15.2 Å². The van der Waals surface area contributed by atoms with Crippen molar-refractivity contribution >= 4 is 40.5 Å². The molecule has 0 atom stereocenters. The number of methoxy groups -OCH3 is 1. The highest BCUT2D eigenvalue weighted by molar-refractivity contribution is 8.18. The number of aliphatic imine (C=N–C) groups is 1. The number of amidine groups is 1. The maximum atomic E-state index is 11.8. The summed E-state index contributed by atoms with van der Waals surface area (Å²) in [4.78, 5) is 27.9. The minimum atomic E-state index is -0.572. The first-order valence-electron chi connectivity index (χ1n) is 7.99. The van der Waals surface area contributed by atoms with Gasteiger partial charge in [-0.15, -0.1) is 0 Å². The predicted octanol–water partition coefficient (Wildman–Crippen LogP) is 3.09. The smallest absolute Gasteiger partial charge is 0.289 e. The summed E-state index contributed by atoms with van der Waals surface area (Å²) in [7, 11) is 1.50. The van der Waals surface area contributed by atoms with Crippen LogP contribution in [0.15, 0.2) is 58.4 Å². The molecule has 2 amide bonds. The Bertz CT molecular complexity index is 926. The number of rotatable bonds is 6. The van der Waals surface area contributed by atoms with Crippen molar-refractivity contribution in [1.29, 1.82) is 0 Å². The average molecular weight is 383 g/mol. The normalized spacial score (nSPS) is 16.4. The molecule has 1 fully saturated rings. The van der Waals surface area contributed by atoms with E-state index in [1.165, 1.54) is 7.11 Å². The van der Waals surface area contributed by atoms with Crippen molar-refractivity contribution in [2.75, 3.05) is 13.7 Å². The molecular formula is C19H17N3O4S. The third-order valence-corrected chi connectivity index (χ3v) is 4.33. The van der Waals surface area contributed by atoms with Gasteiger partial charge in [0.25, 0.3) is 11.1 Å². The number of carbonyl (C=O) groups excluding carboxylic acids is 2. The number of nitrogens with zero attached hydrogens (tertiary/aromatic N) is 1. The van der Waals surface area contributed by atoms with E-state index in [2.05, 4.69) is 10.3 Å². The highest BCUT2D eigenvalue weighted by atomic mass is 32.2. The van der Waals surface area contributed by atoms with Gasteiger partial charge in [0, 0.05) is 0 Å². The van der Waals surface area contributed by atoms with Crippen molar-refractivity contribution < 1.29 is 19.1 Å². The van der Waals surface area contributed by atoms with Crippen LogP contribution in [0.25, 0.3) is 6.08 Å². The average Bonchev–Trinajstić information content (AvgIpc) is 3.00. The Morgan fingerprint density at radius 3 is 2.70 bits per heavy atom. The molecular weight excluding hydrogens is 366 g/mol. The van der Waals surface area contributed by atoms with Gasteiger partial charge in [-0.1, -0.05) is 24.3 Å². The number of hydrogen-bond acceptors (Lipinski definition) is 6. The Morgan fingerprint density at radius 2 is 2.00 bits per heavy atom. The number of benzene rings is 2. The van der Waals surface area contributed by atoms with Crippen molar-refractivity contribution in [3.05, 3.63) is 59.0 Å². The molecule has 0 spiro atoms. The number of amides is 2. The van der Waals surface area contributed by atoms with E-state index in [1.807, 2.05) is 36.4 Å². The van der Waals surface area contributed by atoms with Crippen LogP contribution in [0.4, 0.5) is 10.5 Å². The molecule has 3 rings (SSSR count). The van der Waals surface area contributed by atoms with E-state index in [0.29, 0.717) is 22.2 Å². The zero-order valence-electron chi connectivity index (χ0n) is 14.5. The number of primary amides is 1. The summed E-state index contributed by atoms with van der Waals surface area (Å²) in [5, 5.41) is 2.55. The van der Waals surface area contributed by atoms with Crippen LogP contribution in [0.2, 0.25) is 0 Å². The predicted molar refractivity (Wildman–Crippen MR) is 105 cm³/mol. The second-order valence-electron chi connectivity index (χ2n) is 5.48. The summed E-state index contributed by atoms with van der Waals surface area (Å²) in [6.07, 6.45) is 1.82. The lowest BCUT2D eigenvalue weighted by Crippen LogP contribution is -2.20. The van der Waals surface area contributed by atoms with Gasteiger partial charge in [0.15, 0.2) is 18.1 Å². The van der Waals surface area contributed by atoms with E-state index in [1.54, 1.807) is 18.2 Å². The van der Waals surface area contributed by atoms with Crippen LogP contribution in [0, 0.1) is 0 Å². The van der Waals surface area contributed by atoms with Gasteiger partial charge >= 0.3 is 0 Å². The van der Waals surface area contributed by atoms with Crippen molar-refractivity contribution in [3.63, 3.8) is 0 Å². The number of thioether (sulfide) groups is 1. The molecule has 0 unspecified atom stereocenters. The third kappa shape index (κ3) is 4.89. The molecule has 1 aliphatic heterocycles. The Balaban J connectivity index is 1.88. The summed E-state index contributed by atoms with van der Waals surface area (Å²) < 4.78 is 10.6. The molecule has 1 heterocycles. The number of nitrogens with two attached hydrogens (primary N) is 1. The van der Waals surface area contributed by atoms with Gasteiger partial charge in [0.2, 0.25) is 0 Å². The molecule has 1 saturated heterocycles. The molecule has 3 N–H and O–H groups in total. The Hall–Kier alpha value is -3.26. The number of ether oxygens (including phenoxy) is 2. The van der Waals surface area contributed by atoms with Gasteiger partial charge in [0.05, 0.1) is 17.7 Å². The maximum absolute atomic E-state index is 11.8. The van der Waals surface area contributed by atoms with Crippen molar-refractivity contribution in [2.45, 2.75) is 0 Å². The number of hydrogen-bond donors (Lipinski definition) is 2. The van der Waals surface area contributed by atoms with Crippen molar-refractivity contribution in [3.8, 4) is 11.5 Å². The summed E-state index contributed by atoms with van der Waals surface area (Å²) in [5.41, 5.74) is 6.63. The fourth-order valence-electron chi connectivity index (χ4n) is 2.34. The summed E-state index contributed by atoms with van der Waals surface area (Å²) in [5.74, 6) is 0.778. The minimum absolute atomic E-state index is 0.190. The second kappa shape index (κ2) is 8.41. The van der Waals surface area contributed by atoms with Gasteiger partial charge in [-0.2, -0.15) is 0 Å². The molecule has 2 aromatic rings. The first kappa shape index (κ1) is 18.5. The topological polar surface area (TPSA) is 103 Å². The lowest BCUT2D eigenvalue weighted by atomic mass is 10.2. The summed E-state index contributed by atoms with van der Waals surface area (Å²) in [6.45, 7) is -0.237. The molecule has 0 aromatic heterocycles. The molecule has 0 aliphatic carbocycles. The molecule has 0 saturated carbocycles. The highest BCUT2D eigenvalue weighted by Gasteiger charge is 2.23. The Labute approximate surface area is 160 Å². The number of carbonyl (C=O) groups is 2. The van der Waals surface area contributed by atoms with Crippen LogP contribution < -0.4 is 20.5 Å². The van der Waals surface area contributed by atoms with E-state index in [0.717, 1.165) is 23.0 Å². The quantitative estimate of drug-likeness (QED) is 0.798. The van der Waals surface area contributed by atoms with Gasteiger partial charge in [-0.05, 0) is 47.7 Å². The molecule has 138 valence electrons. The summed E-state index contributed by atoms with van der Waals surface area (Å²) in [6, 6.07) is 14.6. The van der Waals surface area contributed by atoms with Crippen LogP contribution in [-0.2, 0) is 4.79 Å². The van der Waals surface area contributed by atoms with Crippen LogP contribution in [0.5, 0.6) is 11.5 Å². The van der Waals surface area contributed by atoms with Crippen LogP contribution in [0.1, 0.15) is 5.56 Å². The molecule has 2 aromatic carbocycles. The van der Waals surface area contributed by atoms with Gasteiger partial charge in [-0.25, -0.2) is 4.99 Å². The second-order valence-corrected chi connectivity index (χ2v) is 6.50. The van der Waals surface area contributed by atoms with Gasteiger partial charge in [0.1, 0.15) is 5.84 Å². The summed E-state index contributed by atoms with van der Waals surface area (Å²) >= 11 is 1.07. The molecule has 27 heavy (non-hydrogen) atoms. The van der Waals surface area contributed by atoms with Crippen molar-refractivity contribution in [2.24, 2.45) is 10.7 Å². The fraction of sp³-hybridized carbons (Fsp3) is 0.105. The van der Waals surface area contributed by atoms with Crippen LogP contribution in [0.3, 0.4) is 0 Å². The molecule has 7 nitrogen and oxygen atoms in total. The van der Waals surface area contributed by atoms with Crippen LogP contribution >= 0.6 is 11.8 Å². The van der Waals surface area contributed by atoms with Crippen molar-refractivity contribution in [1.82, 2.24) is 5.32 Å². The van der Waals surface area contributed by atoms with E-state index in [9.17, 15) is 9.59 Å². The molecule has 0 bridgehead atoms. The fourth-order valence-corrected chi connectivity index (χ4v) is 3.07. The zero-order valence-corrected chi connectivity index (χ0v) is 15.3. The molecule has 1 aliphatic rings. The highest BCUT2D eigenvalue weighted by Crippen LogP contribution is 2.32. The standard InChI is InChI=1S/C19H17N3O4S/c1-25-15-9-12(7-8-14(15)26-11-17(20)23)10-16-18(22-19(24)27-16)21-13-5-3-2-4-6-13/h2-10H,11H2,1H3,(H2,20,23)(H,21,22,24)/b16-10-. The maximum Gasteiger partial charge on any atom is 0.289 e. The SMILES string of the molecule is COc1cc(/C=C2\SC(=O)NC2=Nc2ccccc2)ccc1OCC(N)=O. The Kier molecular flexibility index (Phi) is 5.77. The van der Waals surface area contributed by atoms with E-state index in [-0.39, 0.29) is 11.8 Å².